The summed E-state index contributed by atoms with van der Waals surface area (Å²) in [5.41, 5.74) is 5.90. The molecule has 4 heteroatoms. The van der Waals surface area contributed by atoms with Crippen LogP contribution in [-0.2, 0) is 9.47 Å². The van der Waals surface area contributed by atoms with E-state index in [1.807, 2.05) is 0 Å². The first-order chi connectivity index (χ1) is 7.14. The van der Waals surface area contributed by atoms with E-state index in [1.165, 1.54) is 0 Å². The van der Waals surface area contributed by atoms with Crippen LogP contribution in [0.1, 0.15) is 19.8 Å². The van der Waals surface area contributed by atoms with E-state index in [-0.39, 0.29) is 5.54 Å². The third-order valence-corrected chi connectivity index (χ3v) is 3.59. The van der Waals surface area contributed by atoms with Crippen molar-refractivity contribution in [2.24, 2.45) is 5.73 Å². The Labute approximate surface area is 92.7 Å². The van der Waals surface area contributed by atoms with Gasteiger partial charge in [0, 0.05) is 38.4 Å². The largest absolute Gasteiger partial charge is 0.385 e. The first kappa shape index (κ1) is 12.9. The van der Waals surface area contributed by atoms with E-state index in [2.05, 4.69) is 18.9 Å². The van der Waals surface area contributed by atoms with Gasteiger partial charge in [-0.1, -0.05) is 0 Å². The maximum absolute atomic E-state index is 5.88. The summed E-state index contributed by atoms with van der Waals surface area (Å²) in [6.45, 7) is 5.32. The second-order valence-electron chi connectivity index (χ2n) is 4.57. The molecule has 1 heterocycles. The van der Waals surface area contributed by atoms with Crippen LogP contribution in [0, 0.1) is 0 Å². The normalized spacial score (nSPS) is 25.8. The molecule has 0 saturated carbocycles. The smallest absolute Gasteiger partial charge is 0.0622 e. The van der Waals surface area contributed by atoms with Crippen molar-refractivity contribution in [2.45, 2.75) is 31.3 Å². The summed E-state index contributed by atoms with van der Waals surface area (Å²) in [6.07, 6.45) is 2.08. The van der Waals surface area contributed by atoms with Gasteiger partial charge in [-0.15, -0.1) is 0 Å². The fourth-order valence-corrected chi connectivity index (χ4v) is 2.01. The summed E-state index contributed by atoms with van der Waals surface area (Å²) in [5.74, 6) is 0. The van der Waals surface area contributed by atoms with Gasteiger partial charge in [0.2, 0.25) is 0 Å². The topological polar surface area (TPSA) is 47.7 Å². The molecule has 0 aliphatic carbocycles. The molecule has 1 aliphatic rings. The van der Waals surface area contributed by atoms with Gasteiger partial charge in [0.15, 0.2) is 0 Å². The van der Waals surface area contributed by atoms with Gasteiger partial charge in [0.05, 0.1) is 6.61 Å². The van der Waals surface area contributed by atoms with Gasteiger partial charge in [0.1, 0.15) is 0 Å². The number of ether oxygens (including phenoxy) is 2. The summed E-state index contributed by atoms with van der Waals surface area (Å²) in [7, 11) is 3.87. The van der Waals surface area contributed by atoms with E-state index >= 15 is 0 Å². The minimum absolute atomic E-state index is 0.0222. The average Bonchev–Trinajstić information content (AvgIpc) is 2.78. The minimum Gasteiger partial charge on any atom is -0.385 e. The molecule has 2 atom stereocenters. The molecule has 0 radical (unpaired) electrons. The summed E-state index contributed by atoms with van der Waals surface area (Å²) >= 11 is 0. The number of hydrogen-bond acceptors (Lipinski definition) is 4. The first-order valence-corrected chi connectivity index (χ1v) is 5.64. The Hall–Kier alpha value is -0.160. The summed E-state index contributed by atoms with van der Waals surface area (Å²) in [4.78, 5) is 2.36. The second-order valence-corrected chi connectivity index (χ2v) is 4.57. The maximum Gasteiger partial charge on any atom is 0.0622 e. The zero-order valence-electron chi connectivity index (χ0n) is 10.2. The molecule has 0 aromatic heterocycles. The molecule has 0 spiro atoms. The summed E-state index contributed by atoms with van der Waals surface area (Å²) in [6, 6.07) is 0.510. The van der Waals surface area contributed by atoms with Gasteiger partial charge in [-0.2, -0.15) is 0 Å². The Morgan fingerprint density at radius 2 is 2.33 bits per heavy atom. The molecule has 15 heavy (non-hydrogen) atoms. The second kappa shape index (κ2) is 5.80. The molecule has 0 bridgehead atoms. The molecule has 1 saturated heterocycles. The lowest BCUT2D eigenvalue weighted by atomic mass is 9.94. The van der Waals surface area contributed by atoms with Gasteiger partial charge in [-0.05, 0) is 26.8 Å². The molecule has 0 aromatic carbocycles. The van der Waals surface area contributed by atoms with E-state index in [9.17, 15) is 0 Å². The molecule has 1 aliphatic heterocycles. The molecule has 4 nitrogen and oxygen atoms in total. The van der Waals surface area contributed by atoms with Gasteiger partial charge in [-0.3, -0.25) is 4.90 Å². The summed E-state index contributed by atoms with van der Waals surface area (Å²) < 4.78 is 10.5. The third-order valence-electron chi connectivity index (χ3n) is 3.59. The van der Waals surface area contributed by atoms with Crippen molar-refractivity contribution in [3.8, 4) is 0 Å². The predicted molar refractivity (Wildman–Crippen MR) is 60.9 cm³/mol. The zero-order chi connectivity index (χ0) is 11.3. The number of likely N-dealkylation sites (N-methyl/N-ethyl adjacent to an activating group) is 1. The zero-order valence-corrected chi connectivity index (χ0v) is 10.2. The highest BCUT2D eigenvalue weighted by Crippen LogP contribution is 2.23. The van der Waals surface area contributed by atoms with Gasteiger partial charge >= 0.3 is 0 Å². The molecule has 2 N–H and O–H groups in total. The van der Waals surface area contributed by atoms with Crippen LogP contribution in [-0.4, -0.2) is 57.0 Å². The lowest BCUT2D eigenvalue weighted by Crippen LogP contribution is -2.54. The van der Waals surface area contributed by atoms with Crippen LogP contribution in [0.3, 0.4) is 0 Å². The van der Waals surface area contributed by atoms with E-state index in [0.717, 1.165) is 32.7 Å². The van der Waals surface area contributed by atoms with Crippen molar-refractivity contribution in [2.75, 3.05) is 40.5 Å². The number of methoxy groups -OCH3 is 1. The van der Waals surface area contributed by atoms with Crippen molar-refractivity contribution in [1.82, 2.24) is 4.90 Å². The highest BCUT2D eigenvalue weighted by atomic mass is 16.5. The van der Waals surface area contributed by atoms with Crippen LogP contribution in [0.25, 0.3) is 0 Å². The van der Waals surface area contributed by atoms with E-state index < -0.39 is 0 Å². The van der Waals surface area contributed by atoms with Crippen molar-refractivity contribution in [1.29, 1.82) is 0 Å². The molecule has 1 fully saturated rings. The molecule has 90 valence electrons. The molecule has 2 unspecified atom stereocenters. The van der Waals surface area contributed by atoms with E-state index in [0.29, 0.717) is 12.6 Å². The Morgan fingerprint density at radius 1 is 1.60 bits per heavy atom. The van der Waals surface area contributed by atoms with E-state index in [1.54, 1.807) is 7.11 Å². The average molecular weight is 216 g/mol. The van der Waals surface area contributed by atoms with Gasteiger partial charge < -0.3 is 15.2 Å². The van der Waals surface area contributed by atoms with Crippen molar-refractivity contribution < 1.29 is 9.47 Å². The lowest BCUT2D eigenvalue weighted by Gasteiger charge is -2.41. The van der Waals surface area contributed by atoms with Crippen LogP contribution in [0.2, 0.25) is 0 Å². The molecular formula is C11H24N2O2. The van der Waals surface area contributed by atoms with Crippen LogP contribution in [0.4, 0.5) is 0 Å². The van der Waals surface area contributed by atoms with Crippen LogP contribution < -0.4 is 5.73 Å². The van der Waals surface area contributed by atoms with Crippen molar-refractivity contribution >= 4 is 0 Å². The van der Waals surface area contributed by atoms with E-state index in [4.69, 9.17) is 15.2 Å². The Balaban J connectivity index is 2.53. The number of nitrogens with two attached hydrogens (primary N) is 1. The number of rotatable bonds is 6. The van der Waals surface area contributed by atoms with Gasteiger partial charge in [0.25, 0.3) is 0 Å². The Bertz CT molecular complexity index is 183. The SMILES string of the molecule is COCCC(C)(CN)N(C)C1CCOC1. The highest BCUT2D eigenvalue weighted by molar-refractivity contribution is 4.90. The standard InChI is InChI=1S/C11H24N2O2/c1-11(9-12,5-7-14-3)13(2)10-4-6-15-8-10/h10H,4-9,12H2,1-3H3. The summed E-state index contributed by atoms with van der Waals surface area (Å²) in [5, 5.41) is 0. The third kappa shape index (κ3) is 3.14. The number of nitrogens with zero attached hydrogens (tertiary/aromatic N) is 1. The molecule has 1 rings (SSSR count). The minimum atomic E-state index is 0.0222. The first-order valence-electron chi connectivity index (χ1n) is 5.64. The van der Waals surface area contributed by atoms with Crippen molar-refractivity contribution in [3.63, 3.8) is 0 Å². The van der Waals surface area contributed by atoms with Crippen LogP contribution in [0.15, 0.2) is 0 Å². The highest BCUT2D eigenvalue weighted by Gasteiger charge is 2.33. The Kier molecular flexibility index (Phi) is 4.99. The Morgan fingerprint density at radius 3 is 2.80 bits per heavy atom. The van der Waals surface area contributed by atoms with Gasteiger partial charge in [-0.25, -0.2) is 0 Å². The van der Waals surface area contributed by atoms with Crippen molar-refractivity contribution in [3.05, 3.63) is 0 Å². The predicted octanol–water partition coefficient (Wildman–Crippen LogP) is 0.461. The quantitative estimate of drug-likeness (QED) is 0.701. The lowest BCUT2D eigenvalue weighted by molar-refractivity contribution is 0.0498. The van der Waals surface area contributed by atoms with Crippen LogP contribution >= 0.6 is 0 Å². The van der Waals surface area contributed by atoms with Crippen LogP contribution in [0.5, 0.6) is 0 Å². The maximum atomic E-state index is 5.88. The fraction of sp³-hybridized carbons (Fsp3) is 1.00. The molecule has 0 amide bonds. The fourth-order valence-electron chi connectivity index (χ4n) is 2.01. The molecular weight excluding hydrogens is 192 g/mol. The molecule has 0 aromatic rings. The monoisotopic (exact) mass is 216 g/mol. The number of hydrogen-bond donors (Lipinski definition) is 1.